The molecule has 0 bridgehead atoms. The zero-order chi connectivity index (χ0) is 15.9. The van der Waals surface area contributed by atoms with Gasteiger partial charge < -0.3 is 20.9 Å². The van der Waals surface area contributed by atoms with Crippen molar-refractivity contribution in [2.45, 2.75) is 20.0 Å². The number of carbonyl (C=O) groups excluding carboxylic acids is 2. The first-order valence-corrected chi connectivity index (χ1v) is 7.71. The largest absolute Gasteiger partial charge is 0.344 e. The number of amides is 2. The van der Waals surface area contributed by atoms with Gasteiger partial charge in [-0.15, -0.1) is 0 Å². The zero-order valence-corrected chi connectivity index (χ0v) is 13.0. The highest BCUT2D eigenvalue weighted by Crippen LogP contribution is 2.05. The van der Waals surface area contributed by atoms with Gasteiger partial charge in [0, 0.05) is 39.3 Å². The molecule has 6 heteroatoms. The molecule has 0 aromatic heterocycles. The third-order valence-corrected chi connectivity index (χ3v) is 3.98. The molecular weight excluding hydrogens is 280 g/mol. The minimum absolute atomic E-state index is 0.341. The van der Waals surface area contributed by atoms with Gasteiger partial charge in [-0.1, -0.05) is 31.2 Å². The van der Waals surface area contributed by atoms with Crippen LogP contribution in [0.2, 0.25) is 0 Å². The van der Waals surface area contributed by atoms with Crippen molar-refractivity contribution in [1.29, 1.82) is 0 Å². The Hall–Kier alpha value is -1.92. The van der Waals surface area contributed by atoms with Crippen LogP contribution >= 0.6 is 0 Å². The zero-order valence-electron chi connectivity index (χ0n) is 13.0. The summed E-state index contributed by atoms with van der Waals surface area (Å²) in [6, 6.07) is 7.67. The first-order valence-electron chi connectivity index (χ1n) is 7.71. The van der Waals surface area contributed by atoms with Crippen LogP contribution < -0.4 is 11.1 Å². The summed E-state index contributed by atoms with van der Waals surface area (Å²) in [5, 5.41) is 2.69. The number of piperazine rings is 1. The quantitative estimate of drug-likeness (QED) is 0.763. The first-order chi connectivity index (χ1) is 10.6. The Morgan fingerprint density at radius 1 is 1.18 bits per heavy atom. The lowest BCUT2D eigenvalue weighted by molar-refractivity contribution is -0.147. The molecule has 6 nitrogen and oxygen atoms in total. The molecule has 0 saturated carbocycles. The van der Waals surface area contributed by atoms with Crippen molar-refractivity contribution in [1.82, 2.24) is 15.1 Å². The van der Waals surface area contributed by atoms with E-state index in [1.165, 1.54) is 0 Å². The Bertz CT molecular complexity index is 525. The highest BCUT2D eigenvalue weighted by molar-refractivity contribution is 6.34. The second kappa shape index (κ2) is 7.91. The maximum Gasteiger partial charge on any atom is 0.311 e. The highest BCUT2D eigenvalue weighted by atomic mass is 16.2. The molecule has 1 aromatic carbocycles. The van der Waals surface area contributed by atoms with Crippen molar-refractivity contribution in [2.24, 2.45) is 5.73 Å². The molecule has 1 fully saturated rings. The van der Waals surface area contributed by atoms with Gasteiger partial charge >= 0.3 is 11.8 Å². The fourth-order valence-corrected chi connectivity index (χ4v) is 2.54. The summed E-state index contributed by atoms with van der Waals surface area (Å²) >= 11 is 0. The van der Waals surface area contributed by atoms with Gasteiger partial charge in [-0.2, -0.15) is 0 Å². The molecule has 1 aromatic rings. The molecule has 3 N–H and O–H groups in total. The highest BCUT2D eigenvalue weighted by Gasteiger charge is 2.25. The number of rotatable bonds is 4. The van der Waals surface area contributed by atoms with E-state index in [1.807, 2.05) is 24.3 Å². The molecule has 2 amide bonds. The second-order valence-electron chi connectivity index (χ2n) is 5.43. The second-order valence-corrected chi connectivity index (χ2v) is 5.43. The SMILES string of the molecule is CCN1CCN(C(=O)C(=O)NCc2cccc(CN)c2)CC1. The number of benzene rings is 1. The van der Waals surface area contributed by atoms with Crippen molar-refractivity contribution in [3.63, 3.8) is 0 Å². The number of nitrogens with two attached hydrogens (primary N) is 1. The molecule has 22 heavy (non-hydrogen) atoms. The normalized spacial score (nSPS) is 15.6. The van der Waals surface area contributed by atoms with Crippen LogP contribution in [0.15, 0.2) is 24.3 Å². The Labute approximate surface area is 131 Å². The molecule has 0 atom stereocenters. The molecule has 1 aliphatic heterocycles. The Balaban J connectivity index is 1.82. The predicted molar refractivity (Wildman–Crippen MR) is 84.9 cm³/mol. The summed E-state index contributed by atoms with van der Waals surface area (Å²) in [6.45, 7) is 6.76. The Morgan fingerprint density at radius 3 is 2.50 bits per heavy atom. The van der Waals surface area contributed by atoms with Gasteiger partial charge in [0.25, 0.3) is 0 Å². The van der Waals surface area contributed by atoms with Crippen molar-refractivity contribution in [2.75, 3.05) is 32.7 Å². The van der Waals surface area contributed by atoms with E-state index in [4.69, 9.17) is 5.73 Å². The lowest BCUT2D eigenvalue weighted by atomic mass is 10.1. The van der Waals surface area contributed by atoms with E-state index in [0.717, 1.165) is 30.8 Å². The average molecular weight is 304 g/mol. The molecule has 2 rings (SSSR count). The molecule has 1 heterocycles. The van der Waals surface area contributed by atoms with E-state index >= 15 is 0 Å². The third kappa shape index (κ3) is 4.29. The van der Waals surface area contributed by atoms with Gasteiger partial charge in [-0.05, 0) is 17.7 Å². The summed E-state index contributed by atoms with van der Waals surface area (Å²) in [4.78, 5) is 28.0. The van der Waals surface area contributed by atoms with E-state index in [-0.39, 0.29) is 0 Å². The molecule has 1 aliphatic rings. The maximum absolute atomic E-state index is 12.1. The van der Waals surface area contributed by atoms with Crippen LogP contribution in [-0.4, -0.2) is 54.3 Å². The predicted octanol–water partition coefficient (Wildman–Crippen LogP) is -0.0744. The minimum atomic E-state index is -0.539. The van der Waals surface area contributed by atoms with Gasteiger partial charge in [-0.25, -0.2) is 0 Å². The smallest absolute Gasteiger partial charge is 0.311 e. The van der Waals surface area contributed by atoms with E-state index < -0.39 is 11.8 Å². The fraction of sp³-hybridized carbons (Fsp3) is 0.500. The lowest BCUT2D eigenvalue weighted by Gasteiger charge is -2.33. The van der Waals surface area contributed by atoms with Crippen LogP contribution in [0.3, 0.4) is 0 Å². The fourth-order valence-electron chi connectivity index (χ4n) is 2.54. The van der Waals surface area contributed by atoms with E-state index in [9.17, 15) is 9.59 Å². The molecule has 0 radical (unpaired) electrons. The minimum Gasteiger partial charge on any atom is -0.344 e. The van der Waals surface area contributed by atoms with E-state index in [1.54, 1.807) is 4.90 Å². The van der Waals surface area contributed by atoms with Gasteiger partial charge in [0.05, 0.1) is 0 Å². The average Bonchev–Trinajstić information content (AvgIpc) is 2.59. The number of likely N-dealkylation sites (N-methyl/N-ethyl adjacent to an activating group) is 1. The maximum atomic E-state index is 12.1. The molecule has 0 aliphatic carbocycles. The lowest BCUT2D eigenvalue weighted by Crippen LogP contribution is -2.52. The standard InChI is InChI=1S/C16H24N4O2/c1-2-19-6-8-20(9-7-19)16(22)15(21)18-12-14-5-3-4-13(10-14)11-17/h3-5,10H,2,6-9,11-12,17H2,1H3,(H,18,21). The summed E-state index contributed by atoms with van der Waals surface area (Å²) in [5.74, 6) is -0.978. The summed E-state index contributed by atoms with van der Waals surface area (Å²) in [6.07, 6.45) is 0. The van der Waals surface area contributed by atoms with Crippen molar-refractivity contribution >= 4 is 11.8 Å². The summed E-state index contributed by atoms with van der Waals surface area (Å²) in [5.41, 5.74) is 7.54. The number of nitrogens with one attached hydrogen (secondary N) is 1. The van der Waals surface area contributed by atoms with Gasteiger partial charge in [0.15, 0.2) is 0 Å². The molecule has 120 valence electrons. The van der Waals surface area contributed by atoms with Crippen LogP contribution in [0, 0.1) is 0 Å². The third-order valence-electron chi connectivity index (χ3n) is 3.98. The summed E-state index contributed by atoms with van der Waals surface area (Å²) < 4.78 is 0. The number of hydrogen-bond acceptors (Lipinski definition) is 4. The van der Waals surface area contributed by atoms with E-state index in [0.29, 0.717) is 26.2 Å². The summed E-state index contributed by atoms with van der Waals surface area (Å²) in [7, 11) is 0. The van der Waals surface area contributed by atoms with Crippen LogP contribution in [-0.2, 0) is 22.7 Å². The van der Waals surface area contributed by atoms with Gasteiger partial charge in [-0.3, -0.25) is 9.59 Å². The van der Waals surface area contributed by atoms with Gasteiger partial charge in [0.1, 0.15) is 0 Å². The molecule has 1 saturated heterocycles. The molecule has 0 unspecified atom stereocenters. The number of carbonyl (C=O) groups is 2. The molecular formula is C16H24N4O2. The Morgan fingerprint density at radius 2 is 1.86 bits per heavy atom. The number of nitrogens with zero attached hydrogens (tertiary/aromatic N) is 2. The van der Waals surface area contributed by atoms with E-state index in [2.05, 4.69) is 17.1 Å². The topological polar surface area (TPSA) is 78.7 Å². The van der Waals surface area contributed by atoms with Crippen LogP contribution in [0.25, 0.3) is 0 Å². The van der Waals surface area contributed by atoms with Crippen LogP contribution in [0.1, 0.15) is 18.1 Å². The van der Waals surface area contributed by atoms with Gasteiger partial charge in [0.2, 0.25) is 0 Å². The van der Waals surface area contributed by atoms with Crippen molar-refractivity contribution in [3.8, 4) is 0 Å². The molecule has 0 spiro atoms. The monoisotopic (exact) mass is 304 g/mol. The van der Waals surface area contributed by atoms with Crippen LogP contribution in [0.4, 0.5) is 0 Å². The number of hydrogen-bond donors (Lipinski definition) is 2. The van der Waals surface area contributed by atoms with Crippen molar-refractivity contribution < 1.29 is 9.59 Å². The Kier molecular flexibility index (Phi) is 5.91. The van der Waals surface area contributed by atoms with Crippen LogP contribution in [0.5, 0.6) is 0 Å². The van der Waals surface area contributed by atoms with Crippen molar-refractivity contribution in [3.05, 3.63) is 35.4 Å². The first kappa shape index (κ1) is 16.5.